The van der Waals surface area contributed by atoms with Crippen LogP contribution in [0.4, 0.5) is 5.69 Å². The maximum Gasteiger partial charge on any atom is 0.325 e. The summed E-state index contributed by atoms with van der Waals surface area (Å²) in [4.78, 5) is 53.1. The number of aryl methyl sites for hydroxylation is 2. The van der Waals surface area contributed by atoms with E-state index in [2.05, 4.69) is 15.8 Å². The van der Waals surface area contributed by atoms with Gasteiger partial charge in [-0.05, 0) is 67.6 Å². The highest BCUT2D eigenvalue weighted by atomic mass is 16.5. The SMILES string of the molecule is Cc1cc2c(cc1C)[n+](=O)c(C(=O)C/C(=N\NC(=O)c1ccccc1O)C(=O)Nc1ccccc1C(C)C)c(C)n2[O-]. The number of ketones is 1. The Labute approximate surface area is 241 Å². The first-order chi connectivity index (χ1) is 19.9. The number of nitrogens with one attached hydrogen (secondary N) is 2. The Morgan fingerprint density at radius 2 is 1.64 bits per heavy atom. The average molecular weight is 570 g/mol. The summed E-state index contributed by atoms with van der Waals surface area (Å²) in [6.07, 6.45) is -0.712. The van der Waals surface area contributed by atoms with Crippen LogP contribution in [0.5, 0.6) is 5.75 Å². The molecule has 0 aliphatic carbocycles. The number of aromatic nitrogens is 2. The summed E-state index contributed by atoms with van der Waals surface area (Å²) in [5.74, 6) is -2.72. The summed E-state index contributed by atoms with van der Waals surface area (Å²) in [6, 6.07) is 16.0. The second-order valence-electron chi connectivity index (χ2n) is 10.3. The van der Waals surface area contributed by atoms with Gasteiger partial charge in [-0.15, -0.1) is 0 Å². The van der Waals surface area contributed by atoms with E-state index in [0.717, 1.165) is 16.7 Å². The smallest absolute Gasteiger partial charge is 0.325 e. The van der Waals surface area contributed by atoms with Crippen LogP contribution in [-0.2, 0) is 4.79 Å². The van der Waals surface area contributed by atoms with Crippen LogP contribution in [0.15, 0.2) is 65.8 Å². The average Bonchev–Trinajstić information content (AvgIpc) is 2.95. The van der Waals surface area contributed by atoms with Crippen molar-refractivity contribution in [2.45, 2.75) is 47.0 Å². The molecule has 42 heavy (non-hydrogen) atoms. The van der Waals surface area contributed by atoms with Crippen molar-refractivity contribution in [3.05, 3.63) is 104 Å². The van der Waals surface area contributed by atoms with E-state index in [4.69, 9.17) is 0 Å². The minimum absolute atomic E-state index is 0.00343. The lowest BCUT2D eigenvalue weighted by Crippen LogP contribution is -2.34. The molecule has 3 N–H and O–H groups in total. The molecule has 11 heteroatoms. The number of Topliss-reactive ketones (excluding diaryl/α,β-unsaturated/α-hetero) is 1. The number of fused-ring (bicyclic) bond motifs is 1. The van der Waals surface area contributed by atoms with Crippen molar-refractivity contribution in [1.29, 1.82) is 0 Å². The second kappa shape index (κ2) is 12.0. The minimum Gasteiger partial charge on any atom is -0.805 e. The molecular formula is C31H31N5O6. The van der Waals surface area contributed by atoms with Gasteiger partial charge in [0.05, 0.1) is 22.1 Å². The zero-order chi connectivity index (χ0) is 30.7. The normalized spacial score (nSPS) is 11.5. The lowest BCUT2D eigenvalue weighted by atomic mass is 10.0. The van der Waals surface area contributed by atoms with Crippen molar-refractivity contribution in [2.24, 2.45) is 5.10 Å². The van der Waals surface area contributed by atoms with E-state index in [9.17, 15) is 29.6 Å². The van der Waals surface area contributed by atoms with E-state index in [1.165, 1.54) is 37.3 Å². The van der Waals surface area contributed by atoms with E-state index in [1.54, 1.807) is 32.0 Å². The predicted octanol–water partition coefficient (Wildman–Crippen LogP) is 4.65. The molecule has 0 bridgehead atoms. The first-order valence-corrected chi connectivity index (χ1v) is 13.3. The lowest BCUT2D eigenvalue weighted by molar-refractivity contribution is -0.468. The van der Waals surface area contributed by atoms with Gasteiger partial charge in [0.15, 0.2) is 0 Å². The number of carbonyl (C=O) groups excluding carboxylic acids is 3. The van der Waals surface area contributed by atoms with Crippen LogP contribution in [0.3, 0.4) is 0 Å². The summed E-state index contributed by atoms with van der Waals surface area (Å²) in [7, 11) is 0. The Hall–Kier alpha value is -5.32. The molecule has 0 saturated heterocycles. The number of phenols is 1. The maximum absolute atomic E-state index is 13.6. The molecule has 0 saturated carbocycles. The molecule has 0 radical (unpaired) electrons. The van der Waals surface area contributed by atoms with Gasteiger partial charge in [0, 0.05) is 16.7 Å². The molecule has 4 aromatic rings. The summed E-state index contributed by atoms with van der Waals surface area (Å²) in [5.41, 5.74) is 4.08. The van der Waals surface area contributed by atoms with Crippen molar-refractivity contribution < 1.29 is 23.9 Å². The Balaban J connectivity index is 1.75. The van der Waals surface area contributed by atoms with E-state index in [-0.39, 0.29) is 34.0 Å². The number of anilines is 1. The van der Waals surface area contributed by atoms with Gasteiger partial charge in [-0.25, -0.2) is 5.43 Å². The Morgan fingerprint density at radius 3 is 2.33 bits per heavy atom. The third-order valence-electron chi connectivity index (χ3n) is 7.01. The first-order valence-electron chi connectivity index (χ1n) is 13.3. The highest BCUT2D eigenvalue weighted by Crippen LogP contribution is 2.24. The largest absolute Gasteiger partial charge is 0.805 e. The number of amides is 2. The zero-order valence-corrected chi connectivity index (χ0v) is 23.9. The van der Waals surface area contributed by atoms with Crippen molar-refractivity contribution >= 4 is 40.0 Å². The van der Waals surface area contributed by atoms with Crippen LogP contribution in [0.1, 0.15) is 69.4 Å². The monoisotopic (exact) mass is 569 g/mol. The highest BCUT2D eigenvalue weighted by Gasteiger charge is 2.30. The number of hydrogen-bond acceptors (Lipinski definition) is 7. The quantitative estimate of drug-likeness (QED) is 0.121. The number of hydrazone groups is 1. The van der Waals surface area contributed by atoms with Crippen LogP contribution < -0.4 is 15.2 Å². The number of benzene rings is 3. The van der Waals surface area contributed by atoms with Crippen molar-refractivity contribution in [2.75, 3.05) is 5.32 Å². The zero-order valence-electron chi connectivity index (χ0n) is 23.9. The van der Waals surface area contributed by atoms with Crippen molar-refractivity contribution in [3.8, 4) is 5.75 Å². The van der Waals surface area contributed by atoms with Gasteiger partial charge in [-0.2, -0.15) is 5.10 Å². The molecule has 1 aromatic heterocycles. The number of carbonyl (C=O) groups is 3. The molecule has 0 unspecified atom stereocenters. The van der Waals surface area contributed by atoms with E-state index < -0.39 is 35.4 Å². The fourth-order valence-corrected chi connectivity index (χ4v) is 4.53. The maximum atomic E-state index is 13.6. The highest BCUT2D eigenvalue weighted by molar-refractivity contribution is 6.46. The molecule has 0 aliphatic rings. The fraction of sp³-hybridized carbons (Fsp3) is 0.226. The van der Waals surface area contributed by atoms with Crippen molar-refractivity contribution in [1.82, 2.24) is 10.2 Å². The third-order valence-corrected chi connectivity index (χ3v) is 7.01. The molecule has 0 fully saturated rings. The Morgan fingerprint density at radius 1 is 1.00 bits per heavy atom. The lowest BCUT2D eigenvalue weighted by Gasteiger charge is -2.17. The first kappa shape index (κ1) is 29.7. The molecule has 0 atom stereocenters. The minimum atomic E-state index is -0.852. The summed E-state index contributed by atoms with van der Waals surface area (Å²) in [5, 5.41) is 29.7. The van der Waals surface area contributed by atoms with E-state index >= 15 is 0 Å². The molecule has 0 spiro atoms. The molecule has 0 aliphatic heterocycles. The fourth-order valence-electron chi connectivity index (χ4n) is 4.53. The molecule has 216 valence electrons. The standard InChI is InChI=1S/C31H31N5O6/c1-17(2)21-10-6-8-12-23(21)32-31(40)24(33-34-30(39)22-11-7-9-13-27(22)37)16-28(38)29-20(5)35(41)25-14-18(3)19(4)15-26(25)36(29)42/h6-15,17,37H,16H2,1-5H3,(H,32,40)(H,34,39)/b33-24+. The van der Waals surface area contributed by atoms with Gasteiger partial charge in [-0.3, -0.25) is 14.4 Å². The molecule has 2 amide bonds. The molecule has 1 heterocycles. The van der Waals surface area contributed by atoms with Gasteiger partial charge in [0.2, 0.25) is 5.78 Å². The Kier molecular flexibility index (Phi) is 8.51. The van der Waals surface area contributed by atoms with E-state index in [0.29, 0.717) is 14.8 Å². The topological polar surface area (TPSA) is 159 Å². The number of nitrogens with zero attached hydrogens (tertiary/aromatic N) is 3. The molecule has 3 aromatic carbocycles. The number of phenolic OH excluding ortho intramolecular Hbond substituents is 1. The van der Waals surface area contributed by atoms with Gasteiger partial charge < -0.3 is 20.4 Å². The van der Waals surface area contributed by atoms with Gasteiger partial charge >= 0.3 is 5.69 Å². The molecular weight excluding hydrogens is 538 g/mol. The second-order valence-corrected chi connectivity index (χ2v) is 10.3. The van der Waals surface area contributed by atoms with Crippen LogP contribution in [0.2, 0.25) is 0 Å². The summed E-state index contributed by atoms with van der Waals surface area (Å²) in [6.45, 7) is 8.84. The van der Waals surface area contributed by atoms with E-state index in [1.807, 2.05) is 26.0 Å². The van der Waals surface area contributed by atoms with Crippen molar-refractivity contribution in [3.63, 3.8) is 0 Å². The number of aromatic hydroxyl groups is 1. The summed E-state index contributed by atoms with van der Waals surface area (Å²) < 4.78 is 0.900. The predicted molar refractivity (Wildman–Crippen MR) is 159 cm³/mol. The third kappa shape index (κ3) is 5.90. The van der Waals surface area contributed by atoms with Crippen LogP contribution in [0.25, 0.3) is 11.0 Å². The number of rotatable bonds is 8. The van der Waals surface area contributed by atoms with Crippen LogP contribution in [-0.4, -0.2) is 33.1 Å². The van der Waals surface area contributed by atoms with Crippen LogP contribution in [0, 0.1) is 30.9 Å². The molecule has 4 rings (SSSR count). The summed E-state index contributed by atoms with van der Waals surface area (Å²) >= 11 is 0. The number of para-hydroxylation sites is 2. The number of hydrogen-bond donors (Lipinski definition) is 3. The van der Waals surface area contributed by atoms with Gasteiger partial charge in [0.25, 0.3) is 17.3 Å². The molecule has 11 nitrogen and oxygen atoms in total. The Bertz CT molecular complexity index is 1820. The van der Waals surface area contributed by atoms with Gasteiger partial charge in [0.1, 0.15) is 17.0 Å². The van der Waals surface area contributed by atoms with Crippen LogP contribution >= 0.6 is 0 Å². The van der Waals surface area contributed by atoms with Gasteiger partial charge in [-0.1, -0.05) is 44.2 Å².